The Labute approximate surface area is 83.1 Å². The quantitative estimate of drug-likeness (QED) is 0.801. The third kappa shape index (κ3) is 1.46. The van der Waals surface area contributed by atoms with Crippen molar-refractivity contribution >= 4 is 0 Å². The summed E-state index contributed by atoms with van der Waals surface area (Å²) in [6.45, 7) is 0.676. The first-order valence-corrected chi connectivity index (χ1v) is 4.71. The van der Waals surface area contributed by atoms with Crippen molar-refractivity contribution in [2.45, 2.75) is 6.42 Å². The van der Waals surface area contributed by atoms with Crippen LogP contribution in [0.2, 0.25) is 0 Å². The van der Waals surface area contributed by atoms with Gasteiger partial charge in [-0.25, -0.2) is 0 Å². The van der Waals surface area contributed by atoms with Crippen LogP contribution in [-0.2, 0) is 13.5 Å². The summed E-state index contributed by atoms with van der Waals surface area (Å²) in [6.07, 6.45) is 2.59. The van der Waals surface area contributed by atoms with E-state index in [9.17, 15) is 0 Å². The summed E-state index contributed by atoms with van der Waals surface area (Å²) in [5.74, 6) is 0.899. The molecule has 3 nitrogen and oxygen atoms in total. The average molecular weight is 190 g/mol. The van der Waals surface area contributed by atoms with Crippen molar-refractivity contribution in [3.05, 3.63) is 36.2 Å². The molecule has 0 aliphatic rings. The molecular formula is C11H14N2O. The summed E-state index contributed by atoms with van der Waals surface area (Å²) in [4.78, 5) is 0. The molecular weight excluding hydrogens is 176 g/mol. The predicted octanol–water partition coefficient (Wildman–Crippen LogP) is 1.79. The van der Waals surface area contributed by atoms with Crippen LogP contribution in [0.3, 0.4) is 0 Å². The summed E-state index contributed by atoms with van der Waals surface area (Å²) in [6, 6.07) is 8.00. The third-order valence-corrected chi connectivity index (χ3v) is 2.40. The highest BCUT2D eigenvalue weighted by molar-refractivity contribution is 5.54. The van der Waals surface area contributed by atoms with Gasteiger partial charge in [0.15, 0.2) is 0 Å². The first kappa shape index (κ1) is 9.09. The summed E-state index contributed by atoms with van der Waals surface area (Å²) < 4.78 is 7.46. The van der Waals surface area contributed by atoms with Gasteiger partial charge in [0.2, 0.25) is 0 Å². The largest absolute Gasteiger partial charge is 0.463 e. The SMILES string of the molecule is Cn1c(CCN)ccc1-c1ccco1. The number of hydrogen-bond donors (Lipinski definition) is 1. The fourth-order valence-electron chi connectivity index (χ4n) is 1.62. The lowest BCUT2D eigenvalue weighted by Crippen LogP contribution is -2.06. The number of furan rings is 1. The molecule has 0 unspecified atom stereocenters. The Morgan fingerprint density at radius 3 is 2.86 bits per heavy atom. The lowest BCUT2D eigenvalue weighted by molar-refractivity contribution is 0.575. The van der Waals surface area contributed by atoms with Crippen molar-refractivity contribution in [3.8, 4) is 11.5 Å². The highest BCUT2D eigenvalue weighted by Gasteiger charge is 2.07. The summed E-state index contributed by atoms with van der Waals surface area (Å²) in [5.41, 5.74) is 7.85. The van der Waals surface area contributed by atoms with Crippen LogP contribution in [0.25, 0.3) is 11.5 Å². The van der Waals surface area contributed by atoms with E-state index < -0.39 is 0 Å². The van der Waals surface area contributed by atoms with Crippen molar-refractivity contribution in [3.63, 3.8) is 0 Å². The Morgan fingerprint density at radius 2 is 2.21 bits per heavy atom. The summed E-state index contributed by atoms with van der Waals surface area (Å²) in [7, 11) is 2.03. The van der Waals surface area contributed by atoms with Gasteiger partial charge in [-0.3, -0.25) is 0 Å². The van der Waals surface area contributed by atoms with Crippen LogP contribution in [0.1, 0.15) is 5.69 Å². The van der Waals surface area contributed by atoms with Crippen LogP contribution in [0.15, 0.2) is 34.9 Å². The topological polar surface area (TPSA) is 44.1 Å². The van der Waals surface area contributed by atoms with Crippen LogP contribution >= 0.6 is 0 Å². The van der Waals surface area contributed by atoms with Gasteiger partial charge in [-0.05, 0) is 37.2 Å². The van der Waals surface area contributed by atoms with Gasteiger partial charge in [0.1, 0.15) is 5.76 Å². The molecule has 2 N–H and O–H groups in total. The van der Waals surface area contributed by atoms with E-state index in [2.05, 4.69) is 16.7 Å². The van der Waals surface area contributed by atoms with E-state index in [0.29, 0.717) is 6.54 Å². The van der Waals surface area contributed by atoms with Crippen molar-refractivity contribution < 1.29 is 4.42 Å². The van der Waals surface area contributed by atoms with Gasteiger partial charge < -0.3 is 14.7 Å². The Kier molecular flexibility index (Phi) is 2.41. The second-order valence-electron chi connectivity index (χ2n) is 3.28. The summed E-state index contributed by atoms with van der Waals surface area (Å²) >= 11 is 0. The normalized spacial score (nSPS) is 10.7. The minimum Gasteiger partial charge on any atom is -0.463 e. The zero-order valence-electron chi connectivity index (χ0n) is 8.23. The molecule has 0 aromatic carbocycles. The number of nitrogens with two attached hydrogens (primary N) is 1. The molecule has 3 heteroatoms. The van der Waals surface area contributed by atoms with E-state index in [1.54, 1.807) is 6.26 Å². The van der Waals surface area contributed by atoms with Gasteiger partial charge in [0.25, 0.3) is 0 Å². The third-order valence-electron chi connectivity index (χ3n) is 2.40. The molecule has 0 saturated carbocycles. The van der Waals surface area contributed by atoms with Gasteiger partial charge >= 0.3 is 0 Å². The lowest BCUT2D eigenvalue weighted by atomic mass is 10.3. The maximum absolute atomic E-state index is 5.52. The molecule has 2 aromatic rings. The zero-order valence-corrected chi connectivity index (χ0v) is 8.23. The summed E-state index contributed by atoms with van der Waals surface area (Å²) in [5, 5.41) is 0. The number of nitrogens with zero attached hydrogens (tertiary/aromatic N) is 1. The van der Waals surface area contributed by atoms with E-state index in [1.165, 1.54) is 5.69 Å². The Hall–Kier alpha value is -1.48. The van der Waals surface area contributed by atoms with E-state index in [0.717, 1.165) is 17.9 Å². The monoisotopic (exact) mass is 190 g/mol. The Bertz CT molecular complexity index is 401. The van der Waals surface area contributed by atoms with Gasteiger partial charge in [-0.15, -0.1) is 0 Å². The fourth-order valence-corrected chi connectivity index (χ4v) is 1.62. The first-order chi connectivity index (χ1) is 6.83. The zero-order chi connectivity index (χ0) is 9.97. The fraction of sp³-hybridized carbons (Fsp3) is 0.273. The van der Waals surface area contributed by atoms with E-state index in [4.69, 9.17) is 10.2 Å². The molecule has 0 atom stereocenters. The van der Waals surface area contributed by atoms with Gasteiger partial charge in [-0.1, -0.05) is 0 Å². The van der Waals surface area contributed by atoms with Crippen LogP contribution in [-0.4, -0.2) is 11.1 Å². The second kappa shape index (κ2) is 3.72. The van der Waals surface area contributed by atoms with Gasteiger partial charge in [0.05, 0.1) is 12.0 Å². The molecule has 2 aromatic heterocycles. The molecule has 74 valence electrons. The van der Waals surface area contributed by atoms with Crippen molar-refractivity contribution in [1.29, 1.82) is 0 Å². The second-order valence-corrected chi connectivity index (χ2v) is 3.28. The molecule has 0 radical (unpaired) electrons. The minimum atomic E-state index is 0.676. The van der Waals surface area contributed by atoms with Crippen molar-refractivity contribution in [2.75, 3.05) is 6.54 Å². The number of hydrogen-bond acceptors (Lipinski definition) is 2. The predicted molar refractivity (Wildman–Crippen MR) is 55.9 cm³/mol. The molecule has 0 fully saturated rings. The van der Waals surface area contributed by atoms with Crippen LogP contribution in [0, 0.1) is 0 Å². The van der Waals surface area contributed by atoms with E-state index in [1.807, 2.05) is 19.2 Å². The highest BCUT2D eigenvalue weighted by Crippen LogP contribution is 2.21. The molecule has 2 rings (SSSR count). The number of aromatic nitrogens is 1. The molecule has 0 amide bonds. The number of rotatable bonds is 3. The maximum atomic E-state index is 5.52. The standard InChI is InChI=1S/C11H14N2O/c1-13-9(6-7-12)4-5-10(13)11-3-2-8-14-11/h2-5,8H,6-7,12H2,1H3. The maximum Gasteiger partial charge on any atom is 0.150 e. The van der Waals surface area contributed by atoms with E-state index >= 15 is 0 Å². The van der Waals surface area contributed by atoms with Crippen molar-refractivity contribution in [1.82, 2.24) is 4.57 Å². The molecule has 0 bridgehead atoms. The van der Waals surface area contributed by atoms with E-state index in [-0.39, 0.29) is 0 Å². The molecule has 0 aliphatic heterocycles. The molecule has 2 heterocycles. The first-order valence-electron chi connectivity index (χ1n) is 4.71. The Morgan fingerprint density at radius 1 is 1.36 bits per heavy atom. The molecule has 0 aliphatic carbocycles. The average Bonchev–Trinajstić information content (AvgIpc) is 2.77. The Balaban J connectivity index is 2.36. The van der Waals surface area contributed by atoms with Crippen molar-refractivity contribution in [2.24, 2.45) is 12.8 Å². The molecule has 0 spiro atoms. The van der Waals surface area contributed by atoms with Gasteiger partial charge in [-0.2, -0.15) is 0 Å². The van der Waals surface area contributed by atoms with Gasteiger partial charge in [0, 0.05) is 12.7 Å². The van der Waals surface area contributed by atoms with Crippen LogP contribution in [0.5, 0.6) is 0 Å². The highest BCUT2D eigenvalue weighted by atomic mass is 16.3. The molecule has 0 saturated heterocycles. The molecule has 14 heavy (non-hydrogen) atoms. The van der Waals surface area contributed by atoms with Crippen LogP contribution in [0.4, 0.5) is 0 Å². The minimum absolute atomic E-state index is 0.676. The smallest absolute Gasteiger partial charge is 0.150 e. The lowest BCUT2D eigenvalue weighted by Gasteiger charge is -2.04. The van der Waals surface area contributed by atoms with Crippen LogP contribution < -0.4 is 5.73 Å².